The molecule has 0 aliphatic carbocycles. The van der Waals surface area contributed by atoms with Crippen LogP contribution in [0.1, 0.15) is 54.0 Å². The molecule has 1 fully saturated rings. The molecule has 0 radical (unpaired) electrons. The Morgan fingerprint density at radius 3 is 2.31 bits per heavy atom. The summed E-state index contributed by atoms with van der Waals surface area (Å²) in [6, 6.07) is 3.11. The molecule has 0 spiro atoms. The number of phenolic OH excluding ortho intramolecular Hbond substituents is 1. The van der Waals surface area contributed by atoms with E-state index in [1.165, 1.54) is 59.3 Å². The van der Waals surface area contributed by atoms with Gasteiger partial charge in [0.2, 0.25) is 10.9 Å². The highest BCUT2D eigenvalue weighted by atomic mass is 16.7. The summed E-state index contributed by atoms with van der Waals surface area (Å²) in [5.74, 6) is -6.97. The maximum Gasteiger partial charge on any atom is 0.307 e. The fraction of sp³-hybridized carbons (Fsp3) is 0.500. The molecule has 18 nitrogen and oxygen atoms in total. The molecule has 3 aromatic carbocycles. The number of rotatable bonds is 6. The van der Waals surface area contributed by atoms with Crippen molar-refractivity contribution in [2.45, 2.75) is 85.6 Å². The Hall–Kier alpha value is -6.05. The third kappa shape index (κ3) is 9.27. The molecule has 0 saturated carbocycles. The van der Waals surface area contributed by atoms with Gasteiger partial charge in [-0.3, -0.25) is 24.1 Å². The lowest BCUT2D eigenvalue weighted by Gasteiger charge is -2.38. The van der Waals surface area contributed by atoms with Crippen LogP contribution in [0.25, 0.3) is 38.7 Å². The van der Waals surface area contributed by atoms with Gasteiger partial charge in [-0.15, -0.1) is 0 Å². The van der Waals surface area contributed by atoms with Crippen molar-refractivity contribution in [3.05, 3.63) is 79.5 Å². The molecule has 366 valence electrons. The van der Waals surface area contributed by atoms with Crippen molar-refractivity contribution in [3.8, 4) is 11.5 Å². The number of carbonyl (C=O) groups is 2. The predicted molar refractivity (Wildman–Crippen MR) is 256 cm³/mol. The number of aliphatic hydroxyl groups excluding tert-OH is 3. The quantitative estimate of drug-likeness (QED) is 0.103. The number of amides is 1. The third-order valence-corrected chi connectivity index (χ3v) is 13.8. The lowest BCUT2D eigenvalue weighted by molar-refractivity contribution is -0.160. The van der Waals surface area contributed by atoms with Gasteiger partial charge >= 0.3 is 11.8 Å². The highest BCUT2D eigenvalue weighted by molar-refractivity contribution is 6.16. The molecule has 1 saturated heterocycles. The number of allylic oxidation sites excluding steroid dienone is 2. The molecular weight excluding hydrogens is 881 g/mol. The molecule has 5 bridgehead atoms. The van der Waals surface area contributed by atoms with E-state index in [-0.39, 0.29) is 60.8 Å². The Morgan fingerprint density at radius 2 is 1.65 bits per heavy atom. The van der Waals surface area contributed by atoms with Crippen molar-refractivity contribution >= 4 is 62.0 Å². The first-order valence-corrected chi connectivity index (χ1v) is 22.8. The zero-order chi connectivity index (χ0) is 49.5. The zero-order valence-corrected chi connectivity index (χ0v) is 40.1. The number of aliphatic hydroxyl groups is 3. The normalized spacial score (nSPS) is 29.4. The number of anilines is 2. The van der Waals surface area contributed by atoms with E-state index >= 15 is 0 Å². The van der Waals surface area contributed by atoms with Gasteiger partial charge < -0.3 is 58.7 Å². The molecule has 18 heteroatoms. The summed E-state index contributed by atoms with van der Waals surface area (Å²) in [4.78, 5) is 64.5. The number of ether oxygens (including phenoxy) is 5. The molecule has 4 heterocycles. The smallest absolute Gasteiger partial charge is 0.307 e. The summed E-state index contributed by atoms with van der Waals surface area (Å²) in [5.41, 5.74) is -1.47. The second-order valence-electron chi connectivity index (χ2n) is 18.4. The molecule has 9 atom stereocenters. The minimum atomic E-state index is -1.99. The van der Waals surface area contributed by atoms with Crippen molar-refractivity contribution in [2.75, 3.05) is 63.8 Å². The van der Waals surface area contributed by atoms with Crippen LogP contribution in [0.15, 0.2) is 62.3 Å². The van der Waals surface area contributed by atoms with Gasteiger partial charge in [0.05, 0.1) is 41.8 Å². The Balaban J connectivity index is 1.45. The van der Waals surface area contributed by atoms with E-state index in [1.54, 1.807) is 53.0 Å². The van der Waals surface area contributed by atoms with Crippen LogP contribution < -0.4 is 31.0 Å². The number of nitrogens with one attached hydrogen (secondary N) is 1. The van der Waals surface area contributed by atoms with Crippen LogP contribution in [-0.4, -0.2) is 126 Å². The molecule has 3 aliphatic heterocycles. The van der Waals surface area contributed by atoms with E-state index in [0.717, 1.165) is 19.6 Å². The highest BCUT2D eigenvalue weighted by Crippen LogP contribution is 2.42. The van der Waals surface area contributed by atoms with Crippen LogP contribution in [0.2, 0.25) is 0 Å². The number of benzene rings is 3. The monoisotopic (exact) mass is 942 g/mol. The largest absolute Gasteiger partial charge is 0.507 e. The van der Waals surface area contributed by atoms with E-state index < -0.39 is 88.1 Å². The Kier molecular flexibility index (Phi) is 14.6. The van der Waals surface area contributed by atoms with Gasteiger partial charge in [-0.2, -0.15) is 0 Å². The van der Waals surface area contributed by atoms with E-state index in [4.69, 9.17) is 33.1 Å². The summed E-state index contributed by atoms with van der Waals surface area (Å²) in [7, 11) is 3.10. The van der Waals surface area contributed by atoms with Gasteiger partial charge in [0.25, 0.3) is 5.91 Å². The van der Waals surface area contributed by atoms with Crippen molar-refractivity contribution in [1.82, 2.24) is 9.88 Å². The molecular formula is C50H62N4O14. The number of aromatic nitrogens is 1. The average molecular weight is 943 g/mol. The molecule has 1 aromatic heterocycles. The van der Waals surface area contributed by atoms with Crippen molar-refractivity contribution in [1.29, 1.82) is 0 Å². The Bertz CT molecular complexity index is 2890. The van der Waals surface area contributed by atoms with Gasteiger partial charge in [-0.05, 0) is 19.9 Å². The SMILES string of the molecule is COCCN1CCN(c2cc(=O)c3nc4c(oc3c2)c2c(=O)c3c(O)c(C)c5c(c34)=C(O)[C@@](C)(O/C=C/[C@H](OC)[C@@H](C)[C@@H](OC(C)=O)[C@H](C)[C@H](O)[C@H](C)[C@@H](O)[C@@H](C)/C=C/C=C(/C)C(=O)N2)O5)CC1. The summed E-state index contributed by atoms with van der Waals surface area (Å²) in [6.07, 6.45) is 3.53. The van der Waals surface area contributed by atoms with Crippen molar-refractivity contribution < 1.29 is 58.1 Å². The molecule has 5 N–H and O–H groups in total. The summed E-state index contributed by atoms with van der Waals surface area (Å²) in [5, 5.41) is 49.3. The minimum Gasteiger partial charge on any atom is -0.507 e. The maximum atomic E-state index is 14.9. The van der Waals surface area contributed by atoms with Gasteiger partial charge in [0.1, 0.15) is 28.8 Å². The first-order valence-electron chi connectivity index (χ1n) is 22.8. The lowest BCUT2D eigenvalue weighted by atomic mass is 9.78. The molecule has 4 aromatic rings. The number of esters is 1. The van der Waals surface area contributed by atoms with E-state index in [0.29, 0.717) is 25.4 Å². The maximum absolute atomic E-state index is 14.9. The second-order valence-corrected chi connectivity index (χ2v) is 18.4. The number of piperazine rings is 1. The molecule has 68 heavy (non-hydrogen) atoms. The zero-order valence-electron chi connectivity index (χ0n) is 40.1. The van der Waals surface area contributed by atoms with Gasteiger partial charge in [0, 0.05) is 119 Å². The Labute approximate surface area is 393 Å². The number of hydrogen-bond donors (Lipinski definition) is 5. The van der Waals surface area contributed by atoms with Crippen LogP contribution >= 0.6 is 0 Å². The second kappa shape index (κ2) is 19.9. The molecule has 7 rings (SSSR count). The first-order chi connectivity index (χ1) is 32.2. The number of nitrogens with zero attached hydrogens (tertiary/aromatic N) is 3. The van der Waals surface area contributed by atoms with Crippen LogP contribution in [0, 0.1) is 30.6 Å². The Morgan fingerprint density at radius 1 is 0.941 bits per heavy atom. The van der Waals surface area contributed by atoms with E-state index in [9.17, 15) is 39.6 Å². The van der Waals surface area contributed by atoms with Crippen molar-refractivity contribution in [2.24, 2.45) is 23.7 Å². The highest BCUT2D eigenvalue weighted by Gasteiger charge is 2.44. The van der Waals surface area contributed by atoms with Gasteiger partial charge in [-0.1, -0.05) is 45.9 Å². The number of phenols is 1. The van der Waals surface area contributed by atoms with Crippen molar-refractivity contribution in [3.63, 3.8) is 0 Å². The fourth-order valence-electron chi connectivity index (χ4n) is 9.51. The lowest BCUT2D eigenvalue weighted by Crippen LogP contribution is -2.47. The van der Waals surface area contributed by atoms with Gasteiger partial charge in [0.15, 0.2) is 22.4 Å². The van der Waals surface area contributed by atoms with Crippen LogP contribution in [0.3, 0.4) is 0 Å². The minimum absolute atomic E-state index is 0.0225. The van der Waals surface area contributed by atoms with Crippen LogP contribution in [0.5, 0.6) is 11.5 Å². The molecule has 3 aliphatic rings. The third-order valence-electron chi connectivity index (χ3n) is 13.8. The summed E-state index contributed by atoms with van der Waals surface area (Å²) in [6.45, 7) is 16.6. The predicted octanol–water partition coefficient (Wildman–Crippen LogP) is 4.33. The molecule has 0 unspecified atom stereocenters. The van der Waals surface area contributed by atoms with E-state index in [2.05, 4.69) is 10.2 Å². The van der Waals surface area contributed by atoms with Gasteiger partial charge in [-0.25, -0.2) is 4.98 Å². The summed E-state index contributed by atoms with van der Waals surface area (Å²) < 4.78 is 35.8. The average Bonchev–Trinajstić information content (AvgIpc) is 3.58. The van der Waals surface area contributed by atoms with Crippen LogP contribution in [0.4, 0.5) is 11.4 Å². The fourth-order valence-corrected chi connectivity index (χ4v) is 9.51. The van der Waals surface area contributed by atoms with Crippen LogP contribution in [-0.2, 0) is 28.5 Å². The number of fused-ring (bicyclic) bond motifs is 5. The molecule has 1 amide bonds. The number of carbonyl (C=O) groups excluding carboxylic acids is 2. The topological polar surface area (TPSA) is 240 Å². The van der Waals surface area contributed by atoms with E-state index in [1.807, 2.05) is 4.90 Å². The number of hydrogen-bond acceptors (Lipinski definition) is 17. The standard InChI is InChI=1S/C50H62N4O14/c1-24-12-11-13-25(2)49(62)52-40-44(60)36-35(39-47(40)67-34-23-31(22-32(56)38(34)51-39)54-17-15-53(16-18-54)19-21-63-9)37-46(29(6)43(36)59)68-50(8,48(37)61)65-20-14-33(64-10)26(3)45(66-30(7)55)28(5)42(58)27(4)41(24)57/h11-14,20,22-24,26-28,33,41-42,45,57-59,61H,15-19,21H2,1-10H3,(H,52,62)/b12-11+,20-14+,25-13-/t24-,26+,27+,28+,33-,41-,42+,45+,50-/m0/s1. The summed E-state index contributed by atoms with van der Waals surface area (Å²) >= 11 is 0. The first kappa shape index (κ1) is 49.8. The number of methoxy groups -OCH3 is 2. The number of aromatic hydroxyl groups is 1.